The third kappa shape index (κ3) is 5.08. The topological polar surface area (TPSA) is 26.3 Å². The Morgan fingerprint density at radius 3 is 2.64 bits per heavy atom. The lowest BCUT2D eigenvalue weighted by atomic mass is 10.0. The van der Waals surface area contributed by atoms with Crippen molar-refractivity contribution < 1.29 is 13.3 Å². The highest BCUT2D eigenvalue weighted by molar-refractivity contribution is 7.86. The maximum absolute atomic E-state index is 13.8. The van der Waals surface area contributed by atoms with Gasteiger partial charge in [-0.2, -0.15) is 0 Å². The van der Waals surface area contributed by atoms with Crippen molar-refractivity contribution in [2.24, 2.45) is 5.92 Å². The zero-order chi connectivity index (χ0) is 16.3. The summed E-state index contributed by atoms with van der Waals surface area (Å²) >= 11 is 0. The summed E-state index contributed by atoms with van der Waals surface area (Å²) < 4.78 is 31.5. The van der Waals surface area contributed by atoms with Gasteiger partial charge in [0, 0.05) is 21.3 Å². The van der Waals surface area contributed by atoms with Crippen molar-refractivity contribution in [2.45, 2.75) is 57.6 Å². The molecule has 0 aromatic heterocycles. The van der Waals surface area contributed by atoms with Crippen LogP contribution < -0.4 is 4.74 Å². The van der Waals surface area contributed by atoms with Crippen LogP contribution in [-0.2, 0) is 10.8 Å². The molecule has 0 radical (unpaired) electrons. The molecule has 0 spiro atoms. The minimum absolute atomic E-state index is 0.117. The van der Waals surface area contributed by atoms with E-state index in [0.29, 0.717) is 18.1 Å². The maximum atomic E-state index is 13.8. The molecule has 2 nitrogen and oxygen atoms in total. The fourth-order valence-electron chi connectivity index (χ4n) is 2.25. The van der Waals surface area contributed by atoms with Gasteiger partial charge in [0.1, 0.15) is 0 Å². The average Bonchev–Trinajstić information content (AvgIpc) is 3.23. The summed E-state index contributed by atoms with van der Waals surface area (Å²) in [4.78, 5) is 0. The van der Waals surface area contributed by atoms with Crippen molar-refractivity contribution in [3.05, 3.63) is 29.6 Å². The Balaban J connectivity index is 1.98. The molecular weight excluding hydrogens is 299 g/mol. The van der Waals surface area contributed by atoms with Gasteiger partial charge in [0.2, 0.25) is 0 Å². The highest BCUT2D eigenvalue weighted by Gasteiger charge is 2.23. The first-order valence-corrected chi connectivity index (χ1v) is 9.40. The normalized spacial score (nSPS) is 18.0. The van der Waals surface area contributed by atoms with Crippen LogP contribution in [0.5, 0.6) is 5.75 Å². The molecule has 4 heteroatoms. The van der Waals surface area contributed by atoms with Crippen LogP contribution in [0.3, 0.4) is 0 Å². The second-order valence-electron chi connectivity index (χ2n) is 7.30. The van der Waals surface area contributed by atoms with E-state index in [1.807, 2.05) is 27.7 Å². The third-order valence-electron chi connectivity index (χ3n) is 4.09. The molecule has 0 saturated heterocycles. The average molecular weight is 326 g/mol. The molecule has 2 rings (SSSR count). The van der Waals surface area contributed by atoms with Gasteiger partial charge in [-0.15, -0.1) is 0 Å². The van der Waals surface area contributed by atoms with Crippen molar-refractivity contribution in [2.75, 3.05) is 12.4 Å². The lowest BCUT2D eigenvalue weighted by molar-refractivity contribution is 0.287. The van der Waals surface area contributed by atoms with E-state index in [9.17, 15) is 8.60 Å². The number of ether oxygens (including phenoxy) is 1. The van der Waals surface area contributed by atoms with E-state index in [2.05, 4.69) is 0 Å². The van der Waals surface area contributed by atoms with Crippen LogP contribution in [0.4, 0.5) is 4.39 Å². The Morgan fingerprint density at radius 2 is 2.05 bits per heavy atom. The lowest BCUT2D eigenvalue weighted by Crippen LogP contribution is -2.26. The van der Waals surface area contributed by atoms with Crippen molar-refractivity contribution in [1.82, 2.24) is 0 Å². The van der Waals surface area contributed by atoms with E-state index in [1.54, 1.807) is 12.1 Å². The smallest absolute Gasteiger partial charge is 0.165 e. The SMILES string of the molecule is C[C@H](C[S@@](=O)C(C)(C)C)c1ccc(F)c(OCCC2CC2)c1. The molecule has 1 aliphatic carbocycles. The van der Waals surface area contributed by atoms with E-state index in [0.717, 1.165) is 17.9 Å². The molecule has 22 heavy (non-hydrogen) atoms. The van der Waals surface area contributed by atoms with Gasteiger partial charge in [-0.3, -0.25) is 4.21 Å². The molecule has 1 aliphatic rings. The first kappa shape index (κ1) is 17.5. The Hall–Kier alpha value is -0.900. The molecule has 0 bridgehead atoms. The standard InChI is InChI=1S/C18H27FO2S/c1-13(12-22(20)18(2,3)4)15-7-8-16(19)17(11-15)21-10-9-14-5-6-14/h7-8,11,13-14H,5-6,9-10,12H2,1-4H3/t13-,22-/m1/s1. The summed E-state index contributed by atoms with van der Waals surface area (Å²) in [6, 6.07) is 5.00. The van der Waals surface area contributed by atoms with Crippen molar-refractivity contribution in [3.8, 4) is 5.75 Å². The van der Waals surface area contributed by atoms with Crippen LogP contribution in [0.15, 0.2) is 18.2 Å². The van der Waals surface area contributed by atoms with Crippen LogP contribution in [0.1, 0.15) is 58.4 Å². The molecule has 1 aromatic rings. The van der Waals surface area contributed by atoms with Gasteiger partial charge in [0.25, 0.3) is 0 Å². The second-order valence-corrected chi connectivity index (χ2v) is 9.55. The van der Waals surface area contributed by atoms with E-state index < -0.39 is 10.8 Å². The zero-order valence-corrected chi connectivity index (χ0v) is 14.8. The molecular formula is C18H27FO2S. The molecule has 1 aromatic carbocycles. The van der Waals surface area contributed by atoms with Crippen molar-refractivity contribution in [1.29, 1.82) is 0 Å². The fraction of sp³-hybridized carbons (Fsp3) is 0.667. The van der Waals surface area contributed by atoms with Crippen LogP contribution in [0, 0.1) is 11.7 Å². The predicted molar refractivity (Wildman–Crippen MR) is 90.4 cm³/mol. The summed E-state index contributed by atoms with van der Waals surface area (Å²) in [5, 5.41) is 0. The highest BCUT2D eigenvalue weighted by Crippen LogP contribution is 2.33. The predicted octanol–water partition coefficient (Wildman–Crippen LogP) is 4.66. The summed E-state index contributed by atoms with van der Waals surface area (Å²) in [5.41, 5.74) is 0.987. The molecule has 0 heterocycles. The summed E-state index contributed by atoms with van der Waals surface area (Å²) in [5.74, 6) is 1.48. The van der Waals surface area contributed by atoms with E-state index in [1.165, 1.54) is 18.9 Å². The quantitative estimate of drug-likeness (QED) is 0.729. The molecule has 1 fully saturated rings. The van der Waals surface area contributed by atoms with Gasteiger partial charge in [-0.1, -0.05) is 25.8 Å². The highest BCUT2D eigenvalue weighted by atomic mass is 32.2. The number of halogens is 1. The lowest BCUT2D eigenvalue weighted by Gasteiger charge is -2.21. The van der Waals surface area contributed by atoms with E-state index in [4.69, 9.17) is 4.74 Å². The first-order valence-electron chi connectivity index (χ1n) is 8.08. The Kier molecular flexibility index (Phi) is 5.65. The van der Waals surface area contributed by atoms with Gasteiger partial charge in [0.05, 0.1) is 6.61 Å². The minimum atomic E-state index is -0.918. The van der Waals surface area contributed by atoms with Gasteiger partial charge in [0.15, 0.2) is 11.6 Å². The number of rotatable bonds is 7. The van der Waals surface area contributed by atoms with Crippen LogP contribution in [0.25, 0.3) is 0 Å². The Labute approximate surface area is 135 Å². The number of hydrogen-bond donors (Lipinski definition) is 0. The number of hydrogen-bond acceptors (Lipinski definition) is 2. The molecule has 1 saturated carbocycles. The maximum Gasteiger partial charge on any atom is 0.165 e. The monoisotopic (exact) mass is 326 g/mol. The molecule has 0 unspecified atom stereocenters. The zero-order valence-electron chi connectivity index (χ0n) is 14.0. The minimum Gasteiger partial charge on any atom is -0.490 e. The Morgan fingerprint density at radius 1 is 1.36 bits per heavy atom. The fourth-order valence-corrected chi connectivity index (χ4v) is 3.40. The van der Waals surface area contributed by atoms with Crippen LogP contribution in [0.2, 0.25) is 0 Å². The van der Waals surface area contributed by atoms with Gasteiger partial charge >= 0.3 is 0 Å². The van der Waals surface area contributed by atoms with Gasteiger partial charge in [-0.25, -0.2) is 4.39 Å². The molecule has 0 aliphatic heterocycles. The van der Waals surface area contributed by atoms with Crippen LogP contribution in [-0.4, -0.2) is 21.3 Å². The van der Waals surface area contributed by atoms with Crippen LogP contribution >= 0.6 is 0 Å². The first-order chi connectivity index (χ1) is 10.3. The van der Waals surface area contributed by atoms with E-state index >= 15 is 0 Å². The van der Waals surface area contributed by atoms with Gasteiger partial charge in [-0.05, 0) is 56.7 Å². The number of benzene rings is 1. The molecule has 0 N–H and O–H groups in total. The molecule has 124 valence electrons. The van der Waals surface area contributed by atoms with Gasteiger partial charge < -0.3 is 4.74 Å². The molecule has 2 atom stereocenters. The second kappa shape index (κ2) is 7.12. The third-order valence-corrected chi connectivity index (χ3v) is 6.26. The largest absolute Gasteiger partial charge is 0.490 e. The van der Waals surface area contributed by atoms with Crippen molar-refractivity contribution in [3.63, 3.8) is 0 Å². The Bertz CT molecular complexity index is 532. The molecule has 0 amide bonds. The summed E-state index contributed by atoms with van der Waals surface area (Å²) in [6.45, 7) is 8.55. The summed E-state index contributed by atoms with van der Waals surface area (Å²) in [6.07, 6.45) is 3.57. The summed E-state index contributed by atoms with van der Waals surface area (Å²) in [7, 11) is -0.918. The van der Waals surface area contributed by atoms with Crippen molar-refractivity contribution >= 4 is 10.8 Å². The van der Waals surface area contributed by atoms with E-state index in [-0.39, 0.29) is 16.5 Å².